The highest BCUT2D eigenvalue weighted by Gasteiger charge is 2.20. The van der Waals surface area contributed by atoms with Gasteiger partial charge in [0.25, 0.3) is 0 Å². The van der Waals surface area contributed by atoms with E-state index in [1.807, 2.05) is 54.6 Å². The Balaban J connectivity index is 1.57. The monoisotopic (exact) mass is 603 g/mol. The molecule has 44 heavy (non-hydrogen) atoms. The number of benzene rings is 1. The molecule has 0 bridgehead atoms. The van der Waals surface area contributed by atoms with Crippen LogP contribution in [-0.4, -0.2) is 52.0 Å². The molecule has 3 heterocycles. The molecule has 4 rings (SSSR count). The fourth-order valence-corrected chi connectivity index (χ4v) is 4.68. The summed E-state index contributed by atoms with van der Waals surface area (Å²) in [5.41, 5.74) is 6.06. The van der Waals surface area contributed by atoms with Crippen molar-refractivity contribution in [3.63, 3.8) is 0 Å². The molecule has 0 aliphatic heterocycles. The summed E-state index contributed by atoms with van der Waals surface area (Å²) in [6.45, 7) is 5.57. The van der Waals surface area contributed by atoms with Crippen LogP contribution in [0.2, 0.25) is 0 Å². The average molecular weight is 604 g/mol. The van der Waals surface area contributed by atoms with Crippen molar-refractivity contribution in [3.8, 4) is 22.8 Å². The van der Waals surface area contributed by atoms with Gasteiger partial charge in [0.15, 0.2) is 0 Å². The van der Waals surface area contributed by atoms with Crippen molar-refractivity contribution in [1.82, 2.24) is 15.0 Å². The second-order valence-electron chi connectivity index (χ2n) is 10.0. The van der Waals surface area contributed by atoms with Crippen LogP contribution in [0.4, 0.5) is 0 Å². The first kappa shape index (κ1) is 31.9. The first-order chi connectivity index (χ1) is 21.3. The van der Waals surface area contributed by atoms with E-state index in [2.05, 4.69) is 15.0 Å². The molecule has 3 aromatic heterocycles. The van der Waals surface area contributed by atoms with Crippen molar-refractivity contribution in [1.29, 1.82) is 0 Å². The van der Waals surface area contributed by atoms with Gasteiger partial charge >= 0.3 is 23.9 Å². The topological polar surface area (TPSA) is 153 Å². The van der Waals surface area contributed by atoms with E-state index >= 15 is 0 Å². The quantitative estimate of drug-likeness (QED) is 0.120. The zero-order valence-corrected chi connectivity index (χ0v) is 25.1. The maximum absolute atomic E-state index is 13.1. The lowest BCUT2D eigenvalue weighted by molar-refractivity contribution is -0.144. The summed E-state index contributed by atoms with van der Waals surface area (Å²) in [7, 11) is 0. The van der Waals surface area contributed by atoms with E-state index in [-0.39, 0.29) is 50.3 Å². The Morgan fingerprint density at radius 1 is 0.636 bits per heavy atom. The number of hydrogen-bond donors (Lipinski definition) is 3. The van der Waals surface area contributed by atoms with Crippen molar-refractivity contribution in [2.24, 2.45) is 0 Å². The minimum absolute atomic E-state index is 0.0377. The van der Waals surface area contributed by atoms with E-state index in [1.54, 1.807) is 13.8 Å². The number of aromatic nitrogens is 3. The number of esters is 4. The number of carbonyl (C=O) groups excluding carboxylic acids is 4. The van der Waals surface area contributed by atoms with Gasteiger partial charge in [-0.2, -0.15) is 0 Å². The van der Waals surface area contributed by atoms with Gasteiger partial charge in [-0.1, -0.05) is 30.3 Å². The summed E-state index contributed by atoms with van der Waals surface area (Å²) in [5, 5.41) is 0. The lowest BCUT2D eigenvalue weighted by atomic mass is 10.1. The lowest BCUT2D eigenvalue weighted by Crippen LogP contribution is -2.10. The molecule has 11 nitrogen and oxygen atoms in total. The van der Waals surface area contributed by atoms with Crippen molar-refractivity contribution in [2.45, 2.75) is 59.7 Å². The first-order valence-electron chi connectivity index (χ1n) is 14.5. The molecular weight excluding hydrogens is 566 g/mol. The van der Waals surface area contributed by atoms with Crippen molar-refractivity contribution >= 4 is 23.9 Å². The zero-order chi connectivity index (χ0) is 31.5. The first-order valence-corrected chi connectivity index (χ1v) is 14.5. The highest BCUT2D eigenvalue weighted by molar-refractivity contribution is 5.91. The fraction of sp³-hybridized carbons (Fsp3) is 0.333. The van der Waals surface area contributed by atoms with Gasteiger partial charge in [-0.05, 0) is 67.6 Å². The smallest absolute Gasteiger partial charge is 0.355 e. The molecule has 3 N–H and O–H groups in total. The fourth-order valence-electron chi connectivity index (χ4n) is 4.68. The third-order valence-electron chi connectivity index (χ3n) is 6.80. The average Bonchev–Trinajstić information content (AvgIpc) is 3.76. The second-order valence-corrected chi connectivity index (χ2v) is 10.0. The zero-order valence-electron chi connectivity index (χ0n) is 25.1. The molecule has 0 saturated carbocycles. The van der Waals surface area contributed by atoms with E-state index in [4.69, 9.17) is 18.9 Å². The second kappa shape index (κ2) is 15.4. The number of nitrogens with one attached hydrogen (secondary N) is 3. The van der Waals surface area contributed by atoms with Crippen LogP contribution in [0.15, 0.2) is 54.6 Å². The number of carbonyl (C=O) groups is 4. The predicted octanol–water partition coefficient (Wildman–Crippen LogP) is 5.42. The molecular formula is C33H37N3O8. The number of hydrogen-bond acceptors (Lipinski definition) is 8. The minimum Gasteiger partial charge on any atom is -0.466 e. The van der Waals surface area contributed by atoms with E-state index in [1.165, 1.54) is 6.92 Å². The van der Waals surface area contributed by atoms with Crippen LogP contribution in [-0.2, 0) is 59.4 Å². The van der Waals surface area contributed by atoms with E-state index in [0.29, 0.717) is 42.1 Å². The van der Waals surface area contributed by atoms with E-state index in [9.17, 15) is 19.2 Å². The molecule has 1 aromatic carbocycles. The van der Waals surface area contributed by atoms with Crippen molar-refractivity contribution in [3.05, 3.63) is 82.7 Å². The van der Waals surface area contributed by atoms with E-state index < -0.39 is 11.9 Å². The van der Waals surface area contributed by atoms with Crippen molar-refractivity contribution in [2.75, 3.05) is 13.2 Å². The molecule has 0 fully saturated rings. The molecule has 232 valence electrons. The molecule has 0 aliphatic carbocycles. The van der Waals surface area contributed by atoms with Crippen LogP contribution < -0.4 is 0 Å². The minimum atomic E-state index is -0.531. The molecule has 0 unspecified atom stereocenters. The molecule has 0 spiro atoms. The maximum Gasteiger partial charge on any atom is 0.355 e. The van der Waals surface area contributed by atoms with Gasteiger partial charge in [-0.3, -0.25) is 14.4 Å². The Morgan fingerprint density at radius 2 is 1.23 bits per heavy atom. The van der Waals surface area contributed by atoms with Gasteiger partial charge in [0.05, 0.1) is 41.7 Å². The number of rotatable bonds is 15. The van der Waals surface area contributed by atoms with Crippen LogP contribution >= 0.6 is 0 Å². The van der Waals surface area contributed by atoms with Gasteiger partial charge < -0.3 is 33.9 Å². The summed E-state index contributed by atoms with van der Waals surface area (Å²) in [4.78, 5) is 58.4. The summed E-state index contributed by atoms with van der Waals surface area (Å²) in [5.74, 6) is -1.60. The molecule has 0 radical (unpaired) electrons. The van der Waals surface area contributed by atoms with Crippen LogP contribution in [0.1, 0.15) is 66.5 Å². The highest BCUT2D eigenvalue weighted by atomic mass is 16.5. The van der Waals surface area contributed by atoms with Crippen LogP contribution in [0.5, 0.6) is 0 Å². The third-order valence-corrected chi connectivity index (χ3v) is 6.80. The number of aromatic amines is 3. The number of aryl methyl sites for hydroxylation is 2. The van der Waals surface area contributed by atoms with Crippen LogP contribution in [0, 0.1) is 0 Å². The summed E-state index contributed by atoms with van der Waals surface area (Å²) >= 11 is 0. The standard InChI is InChI=1S/C33H37N3O8/c1-4-41-30(38)15-11-23-17-27(35-29(23)20-43-21(3)37)25-13-14-26(34-25)28-18-24(12-16-31(39)42-5-2)32(36-28)33(40)44-19-22-9-7-6-8-10-22/h6-10,13-14,17-18,34-36H,4-5,11-12,15-16,19-20H2,1-3H3. The third kappa shape index (κ3) is 8.73. The van der Waals surface area contributed by atoms with E-state index in [0.717, 1.165) is 22.5 Å². The summed E-state index contributed by atoms with van der Waals surface area (Å²) < 4.78 is 20.9. The Bertz CT molecular complexity index is 1580. The number of H-pyrrole nitrogens is 3. The van der Waals surface area contributed by atoms with Gasteiger partial charge in [-0.25, -0.2) is 4.79 Å². The number of ether oxygens (including phenoxy) is 4. The molecule has 4 aromatic rings. The lowest BCUT2D eigenvalue weighted by Gasteiger charge is -2.06. The molecule has 0 atom stereocenters. The predicted molar refractivity (Wildman–Crippen MR) is 161 cm³/mol. The largest absolute Gasteiger partial charge is 0.466 e. The molecule has 0 saturated heterocycles. The van der Waals surface area contributed by atoms with Gasteiger partial charge in [-0.15, -0.1) is 0 Å². The Kier molecular flexibility index (Phi) is 11.2. The molecule has 0 aliphatic rings. The Hall–Kier alpha value is -5.06. The SMILES string of the molecule is CCOC(=O)CCc1cc(-c2ccc(-c3cc(CCC(=O)OCC)c(C(=O)OCc4ccccc4)[nH]3)[nH]2)[nH]c1COC(C)=O. The van der Waals surface area contributed by atoms with Crippen LogP contribution in [0.3, 0.4) is 0 Å². The Morgan fingerprint density at radius 3 is 1.84 bits per heavy atom. The van der Waals surface area contributed by atoms with Gasteiger partial charge in [0.2, 0.25) is 0 Å². The van der Waals surface area contributed by atoms with Crippen LogP contribution in [0.25, 0.3) is 22.8 Å². The highest BCUT2D eigenvalue weighted by Crippen LogP contribution is 2.29. The van der Waals surface area contributed by atoms with Gasteiger partial charge in [0.1, 0.15) is 18.9 Å². The van der Waals surface area contributed by atoms with Crippen molar-refractivity contribution < 1.29 is 38.1 Å². The maximum atomic E-state index is 13.1. The summed E-state index contributed by atoms with van der Waals surface area (Å²) in [6.07, 6.45) is 1.00. The normalized spacial score (nSPS) is 10.8. The Labute approximate surface area is 255 Å². The van der Waals surface area contributed by atoms with Gasteiger partial charge in [0, 0.05) is 19.8 Å². The summed E-state index contributed by atoms with van der Waals surface area (Å²) in [6, 6.07) is 16.8. The molecule has 11 heteroatoms. The molecule has 0 amide bonds.